The number of nitrogens with two attached hydrogens (primary N) is 1. The van der Waals surface area contributed by atoms with Crippen molar-refractivity contribution in [3.05, 3.63) is 23.3 Å². The molecule has 1 atom stereocenters. The third-order valence-corrected chi connectivity index (χ3v) is 4.81. The maximum Gasteiger partial charge on any atom is 0.321 e. The quantitative estimate of drug-likeness (QED) is 0.893. The van der Waals surface area contributed by atoms with E-state index in [0.717, 1.165) is 37.8 Å². The van der Waals surface area contributed by atoms with E-state index in [2.05, 4.69) is 11.4 Å². The summed E-state index contributed by atoms with van der Waals surface area (Å²) in [6.07, 6.45) is 4.63. The molecule has 1 saturated heterocycles. The van der Waals surface area contributed by atoms with Crippen molar-refractivity contribution < 1.29 is 14.3 Å². The molecule has 0 radical (unpaired) electrons. The first-order valence-corrected chi connectivity index (χ1v) is 8.14. The second-order valence-corrected chi connectivity index (χ2v) is 6.25. The monoisotopic (exact) mass is 317 g/mol. The zero-order valence-electron chi connectivity index (χ0n) is 13.4. The molecule has 0 unspecified atom stereocenters. The number of amides is 3. The number of anilines is 1. The van der Waals surface area contributed by atoms with E-state index in [0.29, 0.717) is 18.8 Å². The fourth-order valence-corrected chi connectivity index (χ4v) is 3.53. The van der Waals surface area contributed by atoms with Gasteiger partial charge in [0.15, 0.2) is 0 Å². The van der Waals surface area contributed by atoms with E-state index in [1.54, 1.807) is 12.0 Å². The van der Waals surface area contributed by atoms with Crippen LogP contribution in [0, 0.1) is 5.92 Å². The van der Waals surface area contributed by atoms with Crippen LogP contribution in [0.5, 0.6) is 5.75 Å². The minimum atomic E-state index is -0.333. The Hall–Kier alpha value is -2.24. The Morgan fingerprint density at radius 2 is 2.13 bits per heavy atom. The predicted octanol–water partition coefficient (Wildman–Crippen LogP) is 1.91. The van der Waals surface area contributed by atoms with Gasteiger partial charge in [-0.05, 0) is 49.3 Å². The Morgan fingerprint density at radius 3 is 2.87 bits per heavy atom. The molecule has 1 aliphatic carbocycles. The number of fused-ring (bicyclic) bond motifs is 1. The lowest BCUT2D eigenvalue weighted by Gasteiger charge is -2.31. The molecule has 0 aromatic heterocycles. The van der Waals surface area contributed by atoms with Crippen molar-refractivity contribution in [3.63, 3.8) is 0 Å². The summed E-state index contributed by atoms with van der Waals surface area (Å²) in [4.78, 5) is 25.7. The third kappa shape index (κ3) is 3.11. The molecule has 2 aliphatic rings. The van der Waals surface area contributed by atoms with Crippen molar-refractivity contribution >= 4 is 17.6 Å². The highest BCUT2D eigenvalue weighted by molar-refractivity contribution is 5.93. The summed E-state index contributed by atoms with van der Waals surface area (Å²) >= 11 is 0. The number of hydrogen-bond donors (Lipinski definition) is 2. The van der Waals surface area contributed by atoms with Gasteiger partial charge in [-0.25, -0.2) is 4.79 Å². The number of ether oxygens (including phenoxy) is 1. The third-order valence-electron chi connectivity index (χ3n) is 4.81. The van der Waals surface area contributed by atoms with Gasteiger partial charge in [-0.2, -0.15) is 0 Å². The highest BCUT2D eigenvalue weighted by atomic mass is 16.5. The van der Waals surface area contributed by atoms with E-state index < -0.39 is 0 Å². The normalized spacial score (nSPS) is 20.0. The first-order valence-electron chi connectivity index (χ1n) is 8.14. The average Bonchev–Trinajstić information content (AvgIpc) is 3.04. The lowest BCUT2D eigenvalue weighted by Crippen LogP contribution is -2.45. The molecule has 3 N–H and O–H groups in total. The number of methoxy groups -OCH3 is 1. The fourth-order valence-electron chi connectivity index (χ4n) is 3.53. The van der Waals surface area contributed by atoms with Crippen LogP contribution < -0.4 is 15.8 Å². The van der Waals surface area contributed by atoms with Gasteiger partial charge in [0.05, 0.1) is 18.7 Å². The molecule has 1 aromatic rings. The molecule has 3 amide bonds. The van der Waals surface area contributed by atoms with E-state index >= 15 is 0 Å². The van der Waals surface area contributed by atoms with E-state index in [-0.39, 0.29) is 17.9 Å². The number of piperidine rings is 1. The molecule has 1 heterocycles. The maximum atomic E-state index is 12.6. The number of rotatable bonds is 3. The number of primary amides is 1. The van der Waals surface area contributed by atoms with Gasteiger partial charge in [0.1, 0.15) is 5.75 Å². The molecule has 0 saturated carbocycles. The molecular weight excluding hydrogens is 294 g/mol. The maximum absolute atomic E-state index is 12.6. The van der Waals surface area contributed by atoms with Gasteiger partial charge < -0.3 is 20.7 Å². The highest BCUT2D eigenvalue weighted by Crippen LogP contribution is 2.36. The van der Waals surface area contributed by atoms with Crippen molar-refractivity contribution in [2.75, 3.05) is 25.5 Å². The molecule has 124 valence electrons. The van der Waals surface area contributed by atoms with Crippen LogP contribution in [0.2, 0.25) is 0 Å². The summed E-state index contributed by atoms with van der Waals surface area (Å²) in [5.41, 5.74) is 8.60. The molecule has 0 spiro atoms. The first kappa shape index (κ1) is 15.6. The summed E-state index contributed by atoms with van der Waals surface area (Å²) in [6, 6.07) is 3.79. The molecule has 1 aliphatic heterocycles. The first-order chi connectivity index (χ1) is 11.1. The van der Waals surface area contributed by atoms with Crippen LogP contribution in [-0.2, 0) is 17.6 Å². The van der Waals surface area contributed by atoms with Crippen LogP contribution in [0.1, 0.15) is 30.4 Å². The van der Waals surface area contributed by atoms with Gasteiger partial charge in [-0.15, -0.1) is 0 Å². The zero-order chi connectivity index (χ0) is 16.4. The summed E-state index contributed by atoms with van der Waals surface area (Å²) < 4.78 is 5.41. The van der Waals surface area contributed by atoms with Crippen LogP contribution >= 0.6 is 0 Å². The smallest absolute Gasteiger partial charge is 0.321 e. The summed E-state index contributed by atoms with van der Waals surface area (Å²) in [5.74, 6) is 0.0982. The van der Waals surface area contributed by atoms with Crippen LogP contribution in [0.25, 0.3) is 0 Å². The van der Waals surface area contributed by atoms with Crippen molar-refractivity contribution in [1.82, 2.24) is 4.90 Å². The van der Waals surface area contributed by atoms with E-state index in [4.69, 9.17) is 10.5 Å². The van der Waals surface area contributed by atoms with Crippen LogP contribution in [-0.4, -0.2) is 37.0 Å². The number of nitrogens with zero attached hydrogens (tertiary/aromatic N) is 1. The molecular formula is C17H23N3O3. The second kappa shape index (κ2) is 6.48. The van der Waals surface area contributed by atoms with E-state index in [1.165, 1.54) is 11.1 Å². The fraction of sp³-hybridized carbons (Fsp3) is 0.529. The van der Waals surface area contributed by atoms with Crippen LogP contribution in [0.4, 0.5) is 10.5 Å². The number of urea groups is 1. The van der Waals surface area contributed by atoms with Crippen molar-refractivity contribution in [2.24, 2.45) is 11.7 Å². The molecule has 3 rings (SSSR count). The van der Waals surface area contributed by atoms with Crippen LogP contribution in [0.3, 0.4) is 0 Å². The highest BCUT2D eigenvalue weighted by Gasteiger charge is 2.28. The number of likely N-dealkylation sites (tertiary alicyclic amines) is 1. The van der Waals surface area contributed by atoms with Crippen molar-refractivity contribution in [3.8, 4) is 5.75 Å². The lowest BCUT2D eigenvalue weighted by atomic mass is 9.98. The van der Waals surface area contributed by atoms with E-state index in [9.17, 15) is 9.59 Å². The summed E-state index contributed by atoms with van der Waals surface area (Å²) in [7, 11) is 1.61. The van der Waals surface area contributed by atoms with Gasteiger partial charge in [0.2, 0.25) is 5.91 Å². The zero-order valence-corrected chi connectivity index (χ0v) is 13.4. The van der Waals surface area contributed by atoms with E-state index in [1.807, 2.05) is 6.07 Å². The number of nitrogens with one attached hydrogen (secondary N) is 1. The molecule has 6 nitrogen and oxygen atoms in total. The lowest BCUT2D eigenvalue weighted by molar-refractivity contribution is -0.123. The van der Waals surface area contributed by atoms with Crippen molar-refractivity contribution in [2.45, 2.75) is 32.1 Å². The Kier molecular flexibility index (Phi) is 4.41. The minimum absolute atomic E-state index is 0.186. The Labute approximate surface area is 136 Å². The summed E-state index contributed by atoms with van der Waals surface area (Å²) in [6.45, 7) is 1.03. The Morgan fingerprint density at radius 1 is 1.30 bits per heavy atom. The number of carbonyl (C=O) groups excluding carboxylic acids is 2. The molecule has 1 fully saturated rings. The predicted molar refractivity (Wildman–Crippen MR) is 87.5 cm³/mol. The summed E-state index contributed by atoms with van der Waals surface area (Å²) in [5, 5.41) is 3.00. The minimum Gasteiger partial charge on any atom is -0.495 e. The molecule has 0 bridgehead atoms. The van der Waals surface area contributed by atoms with Crippen LogP contribution in [0.15, 0.2) is 12.1 Å². The molecule has 23 heavy (non-hydrogen) atoms. The Balaban J connectivity index is 1.78. The number of carbonyl (C=O) groups is 2. The van der Waals surface area contributed by atoms with Gasteiger partial charge in [0.25, 0.3) is 0 Å². The Bertz CT molecular complexity index is 630. The van der Waals surface area contributed by atoms with Crippen molar-refractivity contribution in [1.29, 1.82) is 0 Å². The number of aryl methyl sites for hydroxylation is 1. The SMILES string of the molecule is COc1ccc2c(c1NC(=O)N1CCC[C@@H](C(N)=O)C1)CCC2. The van der Waals surface area contributed by atoms with Gasteiger partial charge in [0, 0.05) is 13.1 Å². The molecule has 1 aromatic carbocycles. The number of benzene rings is 1. The largest absolute Gasteiger partial charge is 0.495 e. The van der Waals surface area contributed by atoms with Gasteiger partial charge >= 0.3 is 6.03 Å². The molecule has 6 heteroatoms. The average molecular weight is 317 g/mol. The van der Waals surface area contributed by atoms with Gasteiger partial charge in [-0.3, -0.25) is 4.79 Å². The standard InChI is InChI=1S/C17H23N3O3/c1-23-14-8-7-11-4-2-6-13(11)15(14)19-17(22)20-9-3-5-12(10-20)16(18)21/h7-8,12H,2-6,9-10H2,1H3,(H2,18,21)(H,19,22)/t12-/m1/s1. The topological polar surface area (TPSA) is 84.7 Å². The van der Waals surface area contributed by atoms with Gasteiger partial charge in [-0.1, -0.05) is 6.07 Å². The number of hydrogen-bond acceptors (Lipinski definition) is 3. The second-order valence-electron chi connectivity index (χ2n) is 6.25.